The number of benzene rings is 1. The zero-order valence-corrected chi connectivity index (χ0v) is 26.4. The molecule has 0 radical (unpaired) electrons. The van der Waals surface area contributed by atoms with Crippen LogP contribution in [-0.4, -0.2) is 83.7 Å². The zero-order chi connectivity index (χ0) is 31.5. The molecule has 236 valence electrons. The van der Waals surface area contributed by atoms with Crippen molar-refractivity contribution in [2.75, 3.05) is 20.7 Å². The van der Waals surface area contributed by atoms with Crippen LogP contribution in [0, 0.1) is 0 Å². The number of hydrogen-bond acceptors (Lipinski definition) is 10. The van der Waals surface area contributed by atoms with Gasteiger partial charge in [-0.2, -0.15) is 0 Å². The summed E-state index contributed by atoms with van der Waals surface area (Å²) in [5.74, 6) is 0.210. The number of esters is 2. The van der Waals surface area contributed by atoms with Crippen LogP contribution >= 0.6 is 0 Å². The first-order chi connectivity index (χ1) is 20.0. The number of nitrogens with one attached hydrogen (secondary N) is 1. The number of nitrogens with zero attached hydrogens (tertiary/aromatic N) is 1. The molecule has 2 N–H and O–H groups in total. The van der Waals surface area contributed by atoms with E-state index >= 15 is 0 Å². The lowest BCUT2D eigenvalue weighted by atomic mass is 9.50. The average Bonchev–Trinajstić information content (AvgIpc) is 3.24. The van der Waals surface area contributed by atoms with Gasteiger partial charge in [-0.1, -0.05) is 6.07 Å². The summed E-state index contributed by atoms with van der Waals surface area (Å²) in [6.07, 6.45) is 1.57. The summed E-state index contributed by atoms with van der Waals surface area (Å²) >= 11 is 0. The van der Waals surface area contributed by atoms with Crippen LogP contribution in [0.15, 0.2) is 24.0 Å². The minimum absolute atomic E-state index is 0.0636. The highest BCUT2D eigenvalue weighted by atomic mass is 16.6. The summed E-state index contributed by atoms with van der Waals surface area (Å²) in [4.78, 5) is 40.9. The van der Waals surface area contributed by atoms with Crippen LogP contribution in [0.5, 0.6) is 11.5 Å². The van der Waals surface area contributed by atoms with Crippen LogP contribution in [0.1, 0.15) is 78.4 Å². The third-order valence-corrected chi connectivity index (χ3v) is 8.81. The summed E-state index contributed by atoms with van der Waals surface area (Å²) in [7, 11) is 3.61. The first-order valence-electron chi connectivity index (χ1n) is 14.9. The molecule has 0 aromatic heterocycles. The Hall–Kier alpha value is -3.31. The molecule has 43 heavy (non-hydrogen) atoms. The van der Waals surface area contributed by atoms with E-state index < -0.39 is 52.4 Å². The molecule has 11 nitrogen and oxygen atoms in total. The number of carbonyl (C=O) groups excluding carboxylic acids is 3. The fraction of sp³-hybridized carbons (Fsp3) is 0.656. The number of piperidine rings is 1. The van der Waals surface area contributed by atoms with Gasteiger partial charge in [-0.3, -0.25) is 4.79 Å². The van der Waals surface area contributed by atoms with Gasteiger partial charge in [0.2, 0.25) is 0 Å². The summed E-state index contributed by atoms with van der Waals surface area (Å²) in [5, 5.41) is 14.9. The van der Waals surface area contributed by atoms with Crippen molar-refractivity contribution in [1.29, 1.82) is 0 Å². The summed E-state index contributed by atoms with van der Waals surface area (Å²) in [6, 6.07) is 2.67. The topological polar surface area (TPSA) is 133 Å². The van der Waals surface area contributed by atoms with Gasteiger partial charge in [0.25, 0.3) is 0 Å². The van der Waals surface area contributed by atoms with Crippen LogP contribution in [0.3, 0.4) is 0 Å². The van der Waals surface area contributed by atoms with Crippen molar-refractivity contribution < 1.29 is 43.2 Å². The van der Waals surface area contributed by atoms with Gasteiger partial charge >= 0.3 is 18.0 Å². The maximum absolute atomic E-state index is 13.3. The van der Waals surface area contributed by atoms with Crippen LogP contribution < -0.4 is 14.8 Å². The Morgan fingerprint density at radius 3 is 2.49 bits per heavy atom. The number of hydrogen-bond donors (Lipinski definition) is 2. The number of aliphatic hydroxyl groups is 1. The molecular formula is C32H44N2O9. The third-order valence-electron chi connectivity index (χ3n) is 8.81. The molecule has 1 saturated heterocycles. The molecular weight excluding hydrogens is 556 g/mol. The van der Waals surface area contributed by atoms with E-state index in [4.69, 9.17) is 23.7 Å². The fourth-order valence-corrected chi connectivity index (χ4v) is 7.10. The van der Waals surface area contributed by atoms with E-state index in [2.05, 4.69) is 10.2 Å². The van der Waals surface area contributed by atoms with E-state index in [0.717, 1.165) is 17.7 Å². The number of amides is 1. The lowest BCUT2D eigenvalue weighted by Gasteiger charge is -2.61. The molecule has 5 rings (SSSR count). The molecule has 1 aromatic rings. The van der Waals surface area contributed by atoms with E-state index in [1.165, 1.54) is 0 Å². The van der Waals surface area contributed by atoms with Crippen molar-refractivity contribution in [3.8, 4) is 11.5 Å². The SMILES string of the molecule is COc1ccc2c3c1O[C@H]1C(OC(=O)CCC(NC(=O)OC(C)(C)C)C(=O)OC(C)(C)C)=CC[C@@]4(O)[C@@H](C2)N(C)CC[C@]314. The van der Waals surface area contributed by atoms with Gasteiger partial charge in [0, 0.05) is 24.4 Å². The van der Waals surface area contributed by atoms with Gasteiger partial charge in [-0.15, -0.1) is 0 Å². The first kappa shape index (κ1) is 31.1. The number of carbonyl (C=O) groups is 3. The number of alkyl carbamates (subject to hydrolysis) is 1. The van der Waals surface area contributed by atoms with E-state index in [0.29, 0.717) is 36.5 Å². The highest BCUT2D eigenvalue weighted by Crippen LogP contribution is 2.65. The molecule has 2 aliphatic carbocycles. The lowest BCUT2D eigenvalue weighted by molar-refractivity contribution is -0.169. The van der Waals surface area contributed by atoms with Crippen molar-refractivity contribution in [2.24, 2.45) is 0 Å². The molecule has 11 heteroatoms. The predicted octanol–water partition coefficient (Wildman–Crippen LogP) is 3.53. The van der Waals surface area contributed by atoms with Gasteiger partial charge in [0.15, 0.2) is 17.6 Å². The van der Waals surface area contributed by atoms with Crippen LogP contribution in [-0.2, 0) is 35.6 Å². The fourth-order valence-electron chi connectivity index (χ4n) is 7.10. The van der Waals surface area contributed by atoms with Crippen LogP contribution in [0.25, 0.3) is 0 Å². The van der Waals surface area contributed by atoms with Crippen molar-refractivity contribution in [3.05, 3.63) is 35.1 Å². The van der Waals surface area contributed by atoms with Gasteiger partial charge in [-0.25, -0.2) is 9.59 Å². The number of ether oxygens (including phenoxy) is 5. The maximum Gasteiger partial charge on any atom is 0.408 e. The maximum atomic E-state index is 13.3. The molecule has 4 aliphatic rings. The van der Waals surface area contributed by atoms with Gasteiger partial charge < -0.3 is 39.0 Å². The Labute approximate surface area is 252 Å². The molecule has 0 saturated carbocycles. The monoisotopic (exact) mass is 600 g/mol. The van der Waals surface area contributed by atoms with Crippen molar-refractivity contribution in [3.63, 3.8) is 0 Å². The normalized spacial score (nSPS) is 28.1. The second-order valence-electron chi connectivity index (χ2n) is 14.0. The van der Waals surface area contributed by atoms with Gasteiger partial charge in [-0.05, 0) is 92.1 Å². The van der Waals surface area contributed by atoms with E-state index in [1.54, 1.807) is 54.7 Å². The molecule has 1 fully saturated rings. The summed E-state index contributed by atoms with van der Waals surface area (Å²) < 4.78 is 28.9. The smallest absolute Gasteiger partial charge is 0.408 e. The summed E-state index contributed by atoms with van der Waals surface area (Å²) in [6.45, 7) is 11.1. The lowest BCUT2D eigenvalue weighted by Crippen LogP contribution is -2.74. The van der Waals surface area contributed by atoms with E-state index in [9.17, 15) is 19.5 Å². The quantitative estimate of drug-likeness (QED) is 0.354. The average molecular weight is 601 g/mol. The number of methoxy groups -OCH3 is 1. The molecule has 2 heterocycles. The van der Waals surface area contributed by atoms with Gasteiger partial charge in [0.05, 0.1) is 18.1 Å². The van der Waals surface area contributed by atoms with Crippen molar-refractivity contribution in [1.82, 2.24) is 10.2 Å². The number of likely N-dealkylation sites (tertiary alicyclic amines) is 1. The van der Waals surface area contributed by atoms with E-state index in [1.807, 2.05) is 19.2 Å². The first-order valence-corrected chi connectivity index (χ1v) is 14.9. The Balaban J connectivity index is 1.36. The minimum atomic E-state index is -1.13. The van der Waals surface area contributed by atoms with Gasteiger partial charge in [0.1, 0.15) is 23.0 Å². The highest BCUT2D eigenvalue weighted by molar-refractivity contribution is 5.82. The van der Waals surface area contributed by atoms with E-state index in [-0.39, 0.29) is 18.9 Å². The summed E-state index contributed by atoms with van der Waals surface area (Å²) in [5.41, 5.74) is -1.45. The Morgan fingerprint density at radius 1 is 1.14 bits per heavy atom. The number of rotatable bonds is 7. The predicted molar refractivity (Wildman–Crippen MR) is 156 cm³/mol. The Bertz CT molecular complexity index is 1340. The standard InChI is InChI=1S/C32H44N2O9/c1-29(2,3)42-27(36)19(33-28(37)43-30(4,5)6)10-12-23(35)40-21-13-14-32(38)22-17-18-9-11-20(39-8)25-24(18)31(32,26(21)41-25)15-16-34(22)7/h9,11,13,19,22,26,38H,10,12,14-17H2,1-8H3,(H,33,37)/t19?,22-,26+,31+,32-/m1/s1. The third kappa shape index (κ3) is 5.46. The second-order valence-corrected chi connectivity index (χ2v) is 14.0. The molecule has 5 atom stereocenters. The largest absolute Gasteiger partial charge is 0.493 e. The Kier molecular flexibility index (Phi) is 7.74. The molecule has 2 bridgehead atoms. The van der Waals surface area contributed by atoms with Crippen LogP contribution in [0.4, 0.5) is 4.79 Å². The zero-order valence-electron chi connectivity index (χ0n) is 26.4. The highest BCUT2D eigenvalue weighted by Gasteiger charge is 2.72. The molecule has 1 unspecified atom stereocenters. The number of likely N-dealkylation sites (N-methyl/N-ethyl adjacent to an activating group) is 1. The van der Waals surface area contributed by atoms with Crippen LogP contribution in [0.2, 0.25) is 0 Å². The minimum Gasteiger partial charge on any atom is -0.493 e. The second kappa shape index (κ2) is 10.7. The Morgan fingerprint density at radius 2 is 1.84 bits per heavy atom. The molecule has 1 aromatic carbocycles. The van der Waals surface area contributed by atoms with Crippen molar-refractivity contribution in [2.45, 2.75) is 114 Å². The van der Waals surface area contributed by atoms with Crippen molar-refractivity contribution >= 4 is 18.0 Å². The molecule has 1 amide bonds. The molecule has 2 aliphatic heterocycles. The molecule has 1 spiro atoms.